The van der Waals surface area contributed by atoms with Gasteiger partial charge in [-0.05, 0) is 11.5 Å². The molecule has 0 amide bonds. The zero-order valence-electron chi connectivity index (χ0n) is 6.73. The van der Waals surface area contributed by atoms with Crippen molar-refractivity contribution in [3.8, 4) is 5.75 Å². The Hall–Kier alpha value is -1.72. The molecule has 0 spiro atoms. The highest BCUT2D eigenvalue weighted by Gasteiger charge is 2.12. The number of ether oxygens (including phenoxy) is 1. The number of carbonyl (C=O) groups is 1. The number of hydrogen-bond donors (Lipinski definition) is 1. The SMILES string of the molecule is [B]c1cc(C(=O)OC)oc(=O)c1O. The maximum atomic E-state index is 10.8. The maximum Gasteiger partial charge on any atom is 0.378 e. The Balaban J connectivity index is 3.29. The van der Waals surface area contributed by atoms with E-state index in [1.807, 2.05) is 0 Å². The van der Waals surface area contributed by atoms with E-state index in [0.29, 0.717) is 0 Å². The number of carbonyl (C=O) groups excluding carboxylic acids is 1. The highest BCUT2D eigenvalue weighted by atomic mass is 16.5. The first-order chi connectivity index (χ1) is 6.06. The van der Waals surface area contributed by atoms with E-state index >= 15 is 0 Å². The standard InChI is InChI=1S/C7H5BO5/c1-12-6(10)4-2-3(8)5(9)7(11)13-4/h2,9H,1H3. The molecule has 0 atom stereocenters. The molecule has 1 aromatic rings. The second-order valence-corrected chi connectivity index (χ2v) is 2.19. The van der Waals surface area contributed by atoms with Gasteiger partial charge in [0.1, 0.15) is 7.85 Å². The first-order valence-electron chi connectivity index (χ1n) is 3.27. The fraction of sp³-hybridized carbons (Fsp3) is 0.143. The molecule has 5 nitrogen and oxygen atoms in total. The van der Waals surface area contributed by atoms with E-state index in [1.165, 1.54) is 0 Å². The van der Waals surface area contributed by atoms with E-state index in [-0.39, 0.29) is 11.2 Å². The van der Waals surface area contributed by atoms with Crippen molar-refractivity contribution in [2.24, 2.45) is 0 Å². The monoisotopic (exact) mass is 180 g/mol. The molecule has 2 radical (unpaired) electrons. The molecule has 0 aliphatic carbocycles. The minimum atomic E-state index is -1.07. The Morgan fingerprint density at radius 2 is 2.31 bits per heavy atom. The predicted octanol–water partition coefficient (Wildman–Crippen LogP) is -1.07. The Kier molecular flexibility index (Phi) is 2.41. The van der Waals surface area contributed by atoms with E-state index < -0.39 is 17.3 Å². The Morgan fingerprint density at radius 3 is 2.77 bits per heavy atom. The molecule has 6 heteroatoms. The normalized spacial score (nSPS) is 9.62. The van der Waals surface area contributed by atoms with Crippen molar-refractivity contribution in [3.63, 3.8) is 0 Å². The first kappa shape index (κ1) is 9.37. The van der Waals surface area contributed by atoms with Crippen LogP contribution >= 0.6 is 0 Å². The van der Waals surface area contributed by atoms with E-state index in [9.17, 15) is 9.59 Å². The maximum absolute atomic E-state index is 10.8. The third kappa shape index (κ3) is 1.72. The lowest BCUT2D eigenvalue weighted by Crippen LogP contribution is -2.17. The van der Waals surface area contributed by atoms with Crippen LogP contribution in [-0.4, -0.2) is 26.0 Å². The molecule has 1 N–H and O–H groups in total. The number of aromatic hydroxyl groups is 1. The molecule has 0 aliphatic heterocycles. The summed E-state index contributed by atoms with van der Waals surface area (Å²) < 4.78 is 8.66. The topological polar surface area (TPSA) is 76.7 Å². The van der Waals surface area contributed by atoms with Gasteiger partial charge in [0.2, 0.25) is 5.76 Å². The van der Waals surface area contributed by atoms with E-state index in [0.717, 1.165) is 13.2 Å². The molecule has 1 heterocycles. The smallest absolute Gasteiger partial charge is 0.378 e. The van der Waals surface area contributed by atoms with Crippen LogP contribution in [0.3, 0.4) is 0 Å². The molecule has 66 valence electrons. The summed E-state index contributed by atoms with van der Waals surface area (Å²) in [5.41, 5.74) is -1.29. The average molecular weight is 180 g/mol. The second kappa shape index (κ2) is 3.34. The minimum absolute atomic E-state index is 0.225. The summed E-state index contributed by atoms with van der Waals surface area (Å²) >= 11 is 0. The highest BCUT2D eigenvalue weighted by molar-refractivity contribution is 6.34. The minimum Gasteiger partial charge on any atom is -0.502 e. The fourth-order valence-electron chi connectivity index (χ4n) is 0.706. The van der Waals surface area contributed by atoms with Gasteiger partial charge in [-0.15, -0.1) is 0 Å². The number of rotatable bonds is 1. The Bertz CT molecular complexity index is 394. The summed E-state index contributed by atoms with van der Waals surface area (Å²) in [4.78, 5) is 21.6. The van der Waals surface area contributed by atoms with Crippen molar-refractivity contribution < 1.29 is 19.1 Å². The van der Waals surface area contributed by atoms with Crippen LogP contribution in [0.1, 0.15) is 10.6 Å². The van der Waals surface area contributed by atoms with Crippen molar-refractivity contribution in [1.82, 2.24) is 0 Å². The van der Waals surface area contributed by atoms with Gasteiger partial charge in [-0.2, -0.15) is 0 Å². The molecule has 0 bridgehead atoms. The van der Waals surface area contributed by atoms with Crippen LogP contribution < -0.4 is 11.1 Å². The van der Waals surface area contributed by atoms with Gasteiger partial charge in [0.05, 0.1) is 7.11 Å². The van der Waals surface area contributed by atoms with Gasteiger partial charge >= 0.3 is 11.6 Å². The lowest BCUT2D eigenvalue weighted by atomic mass is 9.96. The summed E-state index contributed by atoms with van der Waals surface area (Å²) in [6, 6.07) is 1.02. The molecule has 0 aliphatic rings. The summed E-state index contributed by atoms with van der Waals surface area (Å²) in [6.07, 6.45) is 0. The number of esters is 1. The van der Waals surface area contributed by atoms with Crippen LogP contribution in [-0.2, 0) is 4.74 Å². The van der Waals surface area contributed by atoms with E-state index in [4.69, 9.17) is 13.0 Å². The van der Waals surface area contributed by atoms with Crippen molar-refractivity contribution >= 4 is 19.3 Å². The summed E-state index contributed by atoms with van der Waals surface area (Å²) in [7, 11) is 6.33. The molecule has 1 rings (SSSR count). The molecule has 0 unspecified atom stereocenters. The number of methoxy groups -OCH3 is 1. The zero-order chi connectivity index (χ0) is 10.0. The van der Waals surface area contributed by atoms with E-state index in [2.05, 4.69) is 9.15 Å². The molecular formula is C7H5BO5. The largest absolute Gasteiger partial charge is 0.502 e. The van der Waals surface area contributed by atoms with Crippen LogP contribution in [0.25, 0.3) is 0 Å². The quantitative estimate of drug-likeness (QED) is 0.439. The highest BCUT2D eigenvalue weighted by Crippen LogP contribution is 2.00. The molecule has 0 aromatic carbocycles. The molecule has 13 heavy (non-hydrogen) atoms. The summed E-state index contributed by atoms with van der Waals surface area (Å²) in [5.74, 6) is -1.89. The van der Waals surface area contributed by atoms with Crippen molar-refractivity contribution in [1.29, 1.82) is 0 Å². The van der Waals surface area contributed by atoms with Gasteiger partial charge in [0.25, 0.3) is 0 Å². The van der Waals surface area contributed by atoms with Crippen LogP contribution in [0.5, 0.6) is 5.75 Å². The van der Waals surface area contributed by atoms with Crippen molar-refractivity contribution in [2.75, 3.05) is 7.11 Å². The van der Waals surface area contributed by atoms with Gasteiger partial charge in [-0.3, -0.25) is 0 Å². The molecular weight excluding hydrogens is 175 g/mol. The van der Waals surface area contributed by atoms with E-state index in [1.54, 1.807) is 0 Å². The molecule has 0 fully saturated rings. The molecule has 1 aromatic heterocycles. The number of hydrogen-bond acceptors (Lipinski definition) is 5. The third-order valence-electron chi connectivity index (χ3n) is 1.34. The zero-order valence-corrected chi connectivity index (χ0v) is 6.73. The van der Waals surface area contributed by atoms with Crippen molar-refractivity contribution in [3.05, 3.63) is 22.2 Å². The van der Waals surface area contributed by atoms with Gasteiger partial charge < -0.3 is 14.3 Å². The van der Waals surface area contributed by atoms with Gasteiger partial charge in [0.15, 0.2) is 5.75 Å². The Morgan fingerprint density at radius 1 is 1.69 bits per heavy atom. The third-order valence-corrected chi connectivity index (χ3v) is 1.34. The van der Waals surface area contributed by atoms with Crippen molar-refractivity contribution in [2.45, 2.75) is 0 Å². The van der Waals surface area contributed by atoms with Crippen LogP contribution in [0.15, 0.2) is 15.3 Å². The van der Waals surface area contributed by atoms with Crippen LogP contribution in [0, 0.1) is 0 Å². The second-order valence-electron chi connectivity index (χ2n) is 2.19. The molecule has 0 saturated heterocycles. The lowest BCUT2D eigenvalue weighted by Gasteiger charge is -2.00. The van der Waals surface area contributed by atoms with Gasteiger partial charge in [-0.1, -0.05) is 0 Å². The lowest BCUT2D eigenvalue weighted by molar-refractivity contribution is 0.0559. The fourth-order valence-corrected chi connectivity index (χ4v) is 0.706. The predicted molar refractivity (Wildman–Crippen MR) is 43.4 cm³/mol. The average Bonchev–Trinajstić information content (AvgIpc) is 2.12. The summed E-state index contributed by atoms with van der Waals surface area (Å²) in [6.45, 7) is 0. The van der Waals surface area contributed by atoms with Gasteiger partial charge in [0, 0.05) is 0 Å². The van der Waals surface area contributed by atoms with Gasteiger partial charge in [-0.25, -0.2) is 9.59 Å². The molecule has 0 saturated carbocycles. The first-order valence-corrected chi connectivity index (χ1v) is 3.27. The van der Waals surface area contributed by atoms with Crippen LogP contribution in [0.2, 0.25) is 0 Å². The Labute approximate surface area is 74.3 Å². The van der Waals surface area contributed by atoms with Crippen LogP contribution in [0.4, 0.5) is 0 Å². The summed E-state index contributed by atoms with van der Waals surface area (Å²) in [5, 5.41) is 8.90.